The molecule has 28 heavy (non-hydrogen) atoms. The van der Waals surface area contributed by atoms with Crippen LogP contribution in [0, 0.1) is 5.82 Å². The summed E-state index contributed by atoms with van der Waals surface area (Å²) in [5.74, 6) is 0.176. The van der Waals surface area contributed by atoms with Gasteiger partial charge in [-0.05, 0) is 29.7 Å². The number of aromatic nitrogens is 2. The molecular weight excluding hydrogens is 355 g/mol. The van der Waals surface area contributed by atoms with E-state index in [1.807, 2.05) is 48.8 Å². The van der Waals surface area contributed by atoms with Gasteiger partial charge >= 0.3 is 0 Å². The van der Waals surface area contributed by atoms with Crippen molar-refractivity contribution >= 4 is 21.7 Å². The molecule has 0 amide bonds. The summed E-state index contributed by atoms with van der Waals surface area (Å²) in [4.78, 5) is 4.37. The molecule has 0 radical (unpaired) electrons. The predicted octanol–water partition coefficient (Wildman–Crippen LogP) is 5.86. The van der Waals surface area contributed by atoms with Crippen LogP contribution in [-0.4, -0.2) is 17.3 Å². The molecule has 5 heteroatoms. The summed E-state index contributed by atoms with van der Waals surface area (Å²) in [6, 6.07) is 18.2. The predicted molar refractivity (Wildman–Crippen MR) is 107 cm³/mol. The fourth-order valence-corrected chi connectivity index (χ4v) is 3.57. The zero-order valence-electron chi connectivity index (χ0n) is 15.0. The SMILES string of the molecule is COc1ccc(F)cc1-c1noc2c(-c3cncc4ccccc34)cccc12. The van der Waals surface area contributed by atoms with Crippen LogP contribution in [0.3, 0.4) is 0 Å². The van der Waals surface area contributed by atoms with Crippen LogP contribution in [0.25, 0.3) is 44.1 Å². The lowest BCUT2D eigenvalue weighted by Crippen LogP contribution is -1.90. The van der Waals surface area contributed by atoms with Gasteiger partial charge in [0.15, 0.2) is 5.58 Å². The van der Waals surface area contributed by atoms with Gasteiger partial charge in [0, 0.05) is 34.5 Å². The Morgan fingerprint density at radius 3 is 2.61 bits per heavy atom. The monoisotopic (exact) mass is 370 g/mol. The number of hydrogen-bond acceptors (Lipinski definition) is 4. The third kappa shape index (κ3) is 2.52. The molecule has 0 fully saturated rings. The minimum absolute atomic E-state index is 0.360. The molecule has 0 saturated heterocycles. The van der Waals surface area contributed by atoms with Crippen LogP contribution >= 0.6 is 0 Å². The van der Waals surface area contributed by atoms with Crippen molar-refractivity contribution in [1.82, 2.24) is 10.1 Å². The number of hydrogen-bond donors (Lipinski definition) is 0. The molecule has 0 spiro atoms. The zero-order chi connectivity index (χ0) is 19.1. The summed E-state index contributed by atoms with van der Waals surface area (Å²) in [5, 5.41) is 7.15. The minimum Gasteiger partial charge on any atom is -0.496 e. The molecule has 2 heterocycles. The number of nitrogens with zero attached hydrogens (tertiary/aromatic N) is 2. The second-order valence-corrected chi connectivity index (χ2v) is 6.47. The van der Waals surface area contributed by atoms with Gasteiger partial charge in [-0.1, -0.05) is 41.6 Å². The number of pyridine rings is 1. The van der Waals surface area contributed by atoms with Crippen molar-refractivity contribution in [2.24, 2.45) is 0 Å². The van der Waals surface area contributed by atoms with Crippen LogP contribution in [-0.2, 0) is 0 Å². The third-order valence-corrected chi connectivity index (χ3v) is 4.87. The van der Waals surface area contributed by atoms with E-state index in [0.29, 0.717) is 22.6 Å². The maximum atomic E-state index is 13.9. The van der Waals surface area contributed by atoms with Gasteiger partial charge < -0.3 is 9.26 Å². The van der Waals surface area contributed by atoms with Gasteiger partial charge in [-0.25, -0.2) is 4.39 Å². The Balaban J connectivity index is 1.78. The Hall–Kier alpha value is -3.73. The number of methoxy groups -OCH3 is 1. The van der Waals surface area contributed by atoms with Crippen LogP contribution in [0.4, 0.5) is 4.39 Å². The molecule has 0 unspecified atom stereocenters. The molecule has 0 aliphatic rings. The van der Waals surface area contributed by atoms with Crippen LogP contribution in [0.15, 0.2) is 77.6 Å². The standard InChI is InChI=1S/C23H15FN2O2/c1-27-21-10-9-15(24)11-19(21)22-18-8-4-7-17(23(18)28-26-22)20-13-25-12-14-5-2-3-6-16(14)20/h2-13H,1H3. The first-order valence-electron chi connectivity index (χ1n) is 8.81. The second kappa shape index (κ2) is 6.46. The Labute approximate surface area is 160 Å². The highest BCUT2D eigenvalue weighted by atomic mass is 19.1. The van der Waals surface area contributed by atoms with Crippen LogP contribution in [0.2, 0.25) is 0 Å². The van der Waals surface area contributed by atoms with E-state index in [1.54, 1.807) is 13.2 Å². The topological polar surface area (TPSA) is 48.2 Å². The normalized spacial score (nSPS) is 11.2. The molecule has 0 bridgehead atoms. The lowest BCUT2D eigenvalue weighted by atomic mass is 9.98. The average Bonchev–Trinajstić information content (AvgIpc) is 3.17. The fraction of sp³-hybridized carbons (Fsp3) is 0.0435. The van der Waals surface area contributed by atoms with Crippen molar-refractivity contribution in [2.75, 3.05) is 7.11 Å². The number of ether oxygens (including phenoxy) is 1. The maximum Gasteiger partial charge on any atom is 0.175 e. The summed E-state index contributed by atoms with van der Waals surface area (Å²) >= 11 is 0. The minimum atomic E-state index is -0.360. The van der Waals surface area contributed by atoms with E-state index in [4.69, 9.17) is 9.26 Å². The van der Waals surface area contributed by atoms with Crippen LogP contribution < -0.4 is 4.74 Å². The average molecular weight is 370 g/mol. The number of halogens is 1. The summed E-state index contributed by atoms with van der Waals surface area (Å²) in [6.07, 6.45) is 3.66. The Morgan fingerprint density at radius 2 is 1.71 bits per heavy atom. The summed E-state index contributed by atoms with van der Waals surface area (Å²) in [6.45, 7) is 0. The second-order valence-electron chi connectivity index (χ2n) is 6.47. The number of para-hydroxylation sites is 1. The highest BCUT2D eigenvalue weighted by Gasteiger charge is 2.19. The van der Waals surface area contributed by atoms with Gasteiger partial charge in [0.05, 0.1) is 12.5 Å². The fourth-order valence-electron chi connectivity index (χ4n) is 3.57. The van der Waals surface area contributed by atoms with Crippen molar-refractivity contribution in [3.63, 3.8) is 0 Å². The molecule has 0 N–H and O–H groups in total. The third-order valence-electron chi connectivity index (χ3n) is 4.87. The first-order chi connectivity index (χ1) is 13.8. The smallest absolute Gasteiger partial charge is 0.175 e. The van der Waals surface area contributed by atoms with Crippen molar-refractivity contribution < 1.29 is 13.7 Å². The molecule has 3 aromatic carbocycles. The first-order valence-corrected chi connectivity index (χ1v) is 8.81. The number of benzene rings is 3. The van der Waals surface area contributed by atoms with E-state index >= 15 is 0 Å². The van der Waals surface area contributed by atoms with Gasteiger partial charge in [0.2, 0.25) is 0 Å². The van der Waals surface area contributed by atoms with Crippen molar-refractivity contribution in [3.05, 3.63) is 78.9 Å². The van der Waals surface area contributed by atoms with E-state index in [-0.39, 0.29) is 5.82 Å². The van der Waals surface area contributed by atoms with Crippen LogP contribution in [0.5, 0.6) is 5.75 Å². The molecule has 0 saturated carbocycles. The van der Waals surface area contributed by atoms with Crippen molar-refractivity contribution in [2.45, 2.75) is 0 Å². The number of fused-ring (bicyclic) bond motifs is 2. The van der Waals surface area contributed by atoms with Crippen molar-refractivity contribution in [1.29, 1.82) is 0 Å². The van der Waals surface area contributed by atoms with E-state index in [2.05, 4.69) is 16.2 Å². The Morgan fingerprint density at radius 1 is 0.857 bits per heavy atom. The van der Waals surface area contributed by atoms with E-state index in [0.717, 1.165) is 27.3 Å². The molecule has 136 valence electrons. The molecule has 5 rings (SSSR count). The first kappa shape index (κ1) is 16.4. The van der Waals surface area contributed by atoms with Gasteiger partial charge in [0.25, 0.3) is 0 Å². The molecule has 5 aromatic rings. The van der Waals surface area contributed by atoms with Gasteiger partial charge in [0.1, 0.15) is 17.3 Å². The zero-order valence-corrected chi connectivity index (χ0v) is 15.0. The molecule has 0 aliphatic heterocycles. The largest absolute Gasteiger partial charge is 0.496 e. The van der Waals surface area contributed by atoms with Gasteiger partial charge in [-0.2, -0.15) is 0 Å². The summed E-state index contributed by atoms with van der Waals surface area (Å²) < 4.78 is 25.0. The quantitative estimate of drug-likeness (QED) is 0.399. The lowest BCUT2D eigenvalue weighted by molar-refractivity contribution is 0.414. The molecule has 2 aromatic heterocycles. The molecular formula is C23H15FN2O2. The van der Waals surface area contributed by atoms with Crippen LogP contribution in [0.1, 0.15) is 0 Å². The lowest BCUT2D eigenvalue weighted by Gasteiger charge is -2.07. The van der Waals surface area contributed by atoms with E-state index < -0.39 is 0 Å². The Bertz CT molecular complexity index is 1320. The highest BCUT2D eigenvalue weighted by molar-refractivity contribution is 6.06. The van der Waals surface area contributed by atoms with Gasteiger partial charge in [-0.3, -0.25) is 4.98 Å². The Kier molecular flexibility index (Phi) is 3.79. The number of rotatable bonds is 3. The van der Waals surface area contributed by atoms with E-state index in [9.17, 15) is 4.39 Å². The van der Waals surface area contributed by atoms with Crippen molar-refractivity contribution in [3.8, 4) is 28.1 Å². The molecule has 0 atom stereocenters. The molecule has 0 aliphatic carbocycles. The maximum absolute atomic E-state index is 13.9. The van der Waals surface area contributed by atoms with E-state index in [1.165, 1.54) is 12.1 Å². The molecule has 4 nitrogen and oxygen atoms in total. The highest BCUT2D eigenvalue weighted by Crippen LogP contribution is 2.39. The summed E-state index contributed by atoms with van der Waals surface area (Å²) in [5.41, 5.74) is 3.56. The van der Waals surface area contributed by atoms with Gasteiger partial charge in [-0.15, -0.1) is 0 Å². The summed E-state index contributed by atoms with van der Waals surface area (Å²) in [7, 11) is 1.55.